The maximum Gasteiger partial charge on any atom is 0.236 e. The summed E-state index contributed by atoms with van der Waals surface area (Å²) in [5.74, 6) is 0.0648. The van der Waals surface area contributed by atoms with E-state index in [1.54, 1.807) is 19.0 Å². The van der Waals surface area contributed by atoms with Crippen molar-refractivity contribution < 1.29 is 4.79 Å². The van der Waals surface area contributed by atoms with Crippen LogP contribution in [0.15, 0.2) is 24.3 Å². The van der Waals surface area contributed by atoms with E-state index in [9.17, 15) is 4.79 Å². The maximum atomic E-state index is 11.7. The zero-order valence-electron chi connectivity index (χ0n) is 9.83. The largest absolute Gasteiger partial charge is 0.338 e. The van der Waals surface area contributed by atoms with Gasteiger partial charge in [-0.15, -0.1) is 0 Å². The molecule has 1 amide bonds. The van der Waals surface area contributed by atoms with Crippen LogP contribution in [0.1, 0.15) is 18.5 Å². The number of halogens is 1. The fraction of sp³-hybridized carbons (Fsp3) is 0.417. The average Bonchev–Trinajstić information content (AvgIpc) is 2.27. The molecule has 0 saturated heterocycles. The minimum absolute atomic E-state index is 0.0274. The van der Waals surface area contributed by atoms with Gasteiger partial charge in [-0.3, -0.25) is 4.79 Å². The molecule has 0 bridgehead atoms. The number of hydrogen-bond acceptors (Lipinski definition) is 2. The molecule has 1 atom stereocenters. The highest BCUT2D eigenvalue weighted by Gasteiger charge is 2.16. The van der Waals surface area contributed by atoms with Crippen LogP contribution in [-0.2, 0) is 4.79 Å². The molecule has 0 fully saturated rings. The molecule has 0 aliphatic carbocycles. The van der Waals surface area contributed by atoms with E-state index < -0.39 is 0 Å². The molecular formula is C12H17ClN2O. The molecule has 0 aliphatic rings. The number of rotatable bonds is 4. The Balaban J connectivity index is 2.77. The Labute approximate surface area is 101 Å². The van der Waals surface area contributed by atoms with Gasteiger partial charge in [0.25, 0.3) is 0 Å². The van der Waals surface area contributed by atoms with Crippen LogP contribution in [0.5, 0.6) is 0 Å². The lowest BCUT2D eigenvalue weighted by Gasteiger charge is -2.25. The molecule has 0 spiro atoms. The van der Waals surface area contributed by atoms with Gasteiger partial charge in [0.15, 0.2) is 0 Å². The van der Waals surface area contributed by atoms with Gasteiger partial charge < -0.3 is 10.2 Å². The molecule has 1 aromatic rings. The second-order valence-corrected chi connectivity index (χ2v) is 4.20. The van der Waals surface area contributed by atoms with Crippen molar-refractivity contribution in [2.75, 3.05) is 20.6 Å². The second kappa shape index (κ2) is 5.87. The summed E-state index contributed by atoms with van der Waals surface area (Å²) >= 11 is 5.92. The molecule has 0 aromatic heterocycles. The normalized spacial score (nSPS) is 12.2. The van der Waals surface area contributed by atoms with Crippen molar-refractivity contribution in [1.82, 2.24) is 10.2 Å². The summed E-state index contributed by atoms with van der Waals surface area (Å²) in [4.78, 5) is 13.4. The minimum atomic E-state index is 0.0274. The number of carbonyl (C=O) groups excluding carboxylic acids is 1. The van der Waals surface area contributed by atoms with Gasteiger partial charge in [0.05, 0.1) is 12.6 Å². The fourth-order valence-corrected chi connectivity index (χ4v) is 1.68. The average molecular weight is 241 g/mol. The lowest BCUT2D eigenvalue weighted by molar-refractivity contribution is -0.130. The first-order valence-electron chi connectivity index (χ1n) is 5.22. The molecule has 88 valence electrons. The zero-order valence-corrected chi connectivity index (χ0v) is 10.6. The van der Waals surface area contributed by atoms with Crippen LogP contribution < -0.4 is 5.32 Å². The minimum Gasteiger partial charge on any atom is -0.338 e. The van der Waals surface area contributed by atoms with Crippen LogP contribution in [0.25, 0.3) is 0 Å². The lowest BCUT2D eigenvalue weighted by atomic mass is 10.1. The molecule has 1 aromatic carbocycles. The molecule has 4 heteroatoms. The number of carbonyl (C=O) groups is 1. The van der Waals surface area contributed by atoms with Crippen molar-refractivity contribution in [3.05, 3.63) is 34.9 Å². The van der Waals surface area contributed by atoms with Gasteiger partial charge >= 0.3 is 0 Å². The zero-order chi connectivity index (χ0) is 12.1. The number of nitrogens with zero attached hydrogens (tertiary/aromatic N) is 1. The Hall–Kier alpha value is -1.06. The SMILES string of the molecule is CNCC(=O)N(C)C(C)c1cccc(Cl)c1. The number of benzene rings is 1. The number of hydrogen-bond donors (Lipinski definition) is 1. The summed E-state index contributed by atoms with van der Waals surface area (Å²) in [6.45, 7) is 2.33. The van der Waals surface area contributed by atoms with E-state index in [1.165, 1.54) is 0 Å². The van der Waals surface area contributed by atoms with Crippen LogP contribution in [0, 0.1) is 0 Å². The van der Waals surface area contributed by atoms with Crippen LogP contribution in [0.2, 0.25) is 5.02 Å². The van der Waals surface area contributed by atoms with Crippen LogP contribution in [0.3, 0.4) is 0 Å². The third-order valence-corrected chi connectivity index (χ3v) is 2.87. The van der Waals surface area contributed by atoms with E-state index in [0.717, 1.165) is 5.56 Å². The van der Waals surface area contributed by atoms with E-state index in [-0.39, 0.29) is 11.9 Å². The van der Waals surface area contributed by atoms with E-state index in [0.29, 0.717) is 11.6 Å². The van der Waals surface area contributed by atoms with Gasteiger partial charge in [-0.2, -0.15) is 0 Å². The van der Waals surface area contributed by atoms with Crippen LogP contribution in [0.4, 0.5) is 0 Å². The second-order valence-electron chi connectivity index (χ2n) is 3.77. The summed E-state index contributed by atoms with van der Waals surface area (Å²) in [6.07, 6.45) is 0. The van der Waals surface area contributed by atoms with Crippen molar-refractivity contribution in [3.63, 3.8) is 0 Å². The van der Waals surface area contributed by atoms with Crippen molar-refractivity contribution in [1.29, 1.82) is 0 Å². The third-order valence-electron chi connectivity index (χ3n) is 2.63. The summed E-state index contributed by atoms with van der Waals surface area (Å²) in [6, 6.07) is 7.60. The Morgan fingerprint density at radius 2 is 2.25 bits per heavy atom. The number of amides is 1. The van der Waals surface area contributed by atoms with E-state index in [4.69, 9.17) is 11.6 Å². The summed E-state index contributed by atoms with van der Waals surface area (Å²) in [7, 11) is 3.56. The van der Waals surface area contributed by atoms with Gasteiger partial charge in [0.2, 0.25) is 5.91 Å². The Morgan fingerprint density at radius 1 is 1.56 bits per heavy atom. The van der Waals surface area contributed by atoms with Gasteiger partial charge in [-0.05, 0) is 31.7 Å². The number of nitrogens with one attached hydrogen (secondary N) is 1. The summed E-state index contributed by atoms with van der Waals surface area (Å²) < 4.78 is 0. The monoisotopic (exact) mass is 240 g/mol. The molecule has 0 radical (unpaired) electrons. The predicted molar refractivity (Wildman–Crippen MR) is 66.6 cm³/mol. The van der Waals surface area contributed by atoms with Crippen molar-refractivity contribution >= 4 is 17.5 Å². The molecule has 1 unspecified atom stereocenters. The molecule has 16 heavy (non-hydrogen) atoms. The first-order chi connectivity index (χ1) is 7.56. The lowest BCUT2D eigenvalue weighted by Crippen LogP contribution is -2.35. The standard InChI is InChI=1S/C12H17ClN2O/c1-9(15(3)12(16)8-14-2)10-5-4-6-11(13)7-10/h4-7,9,14H,8H2,1-3H3. The molecule has 0 heterocycles. The van der Waals surface area contributed by atoms with Gasteiger partial charge in [-0.25, -0.2) is 0 Å². The molecule has 1 N–H and O–H groups in total. The highest BCUT2D eigenvalue weighted by molar-refractivity contribution is 6.30. The van der Waals surface area contributed by atoms with Crippen LogP contribution in [-0.4, -0.2) is 31.4 Å². The van der Waals surface area contributed by atoms with Crippen molar-refractivity contribution in [2.24, 2.45) is 0 Å². The maximum absolute atomic E-state index is 11.7. The van der Waals surface area contributed by atoms with Crippen molar-refractivity contribution in [2.45, 2.75) is 13.0 Å². The van der Waals surface area contributed by atoms with Crippen molar-refractivity contribution in [3.8, 4) is 0 Å². The smallest absolute Gasteiger partial charge is 0.236 e. The molecule has 3 nitrogen and oxygen atoms in total. The highest BCUT2D eigenvalue weighted by Crippen LogP contribution is 2.21. The molecule has 0 saturated carbocycles. The first kappa shape index (κ1) is 13.0. The van der Waals surface area contributed by atoms with E-state index in [1.807, 2.05) is 31.2 Å². The first-order valence-corrected chi connectivity index (χ1v) is 5.59. The Bertz CT molecular complexity index is 368. The molecular weight excluding hydrogens is 224 g/mol. The van der Waals surface area contributed by atoms with Gasteiger partial charge in [-0.1, -0.05) is 23.7 Å². The highest BCUT2D eigenvalue weighted by atomic mass is 35.5. The van der Waals surface area contributed by atoms with Crippen LogP contribution >= 0.6 is 11.6 Å². The topological polar surface area (TPSA) is 32.3 Å². The summed E-state index contributed by atoms with van der Waals surface area (Å²) in [5, 5.41) is 3.54. The number of likely N-dealkylation sites (N-methyl/N-ethyl adjacent to an activating group) is 2. The Morgan fingerprint density at radius 3 is 2.81 bits per heavy atom. The third kappa shape index (κ3) is 3.22. The quantitative estimate of drug-likeness (QED) is 0.874. The summed E-state index contributed by atoms with van der Waals surface area (Å²) in [5.41, 5.74) is 1.04. The molecule has 1 rings (SSSR count). The molecule has 0 aliphatic heterocycles. The van der Waals surface area contributed by atoms with E-state index >= 15 is 0 Å². The van der Waals surface area contributed by atoms with E-state index in [2.05, 4.69) is 5.32 Å². The predicted octanol–water partition coefficient (Wildman–Crippen LogP) is 2.08. The van der Waals surface area contributed by atoms with Gasteiger partial charge in [0, 0.05) is 12.1 Å². The Kier molecular flexibility index (Phi) is 4.77. The van der Waals surface area contributed by atoms with Gasteiger partial charge in [0.1, 0.15) is 0 Å². The fourth-order valence-electron chi connectivity index (χ4n) is 1.48.